The molecule has 3 rings (SSSR count). The average Bonchev–Trinajstić information content (AvgIpc) is 2.71. The van der Waals surface area contributed by atoms with Gasteiger partial charge in [-0.3, -0.25) is 0 Å². The third kappa shape index (κ3) is 6.06. The van der Waals surface area contributed by atoms with Gasteiger partial charge in [0.2, 0.25) is 0 Å². The molecule has 162 valence electrons. The largest absolute Gasteiger partial charge is 0.472 e. The Labute approximate surface area is 180 Å². The lowest BCUT2D eigenvalue weighted by atomic mass is 10.2. The fourth-order valence-corrected chi connectivity index (χ4v) is 2.91. The maximum absolute atomic E-state index is 12.2. The highest BCUT2D eigenvalue weighted by Crippen LogP contribution is 2.24. The smallest absolute Gasteiger partial charge is 0.410 e. The standard InChI is InChI=1S/C19H25ClN6O4/c1-19(2,3)30-18(27)26-10-8-25(9-11-26)15-17(24-7-5-22-15)29-13-12-28-16-14(20)21-4-6-23-16/h4-7H,8-13H2,1-3H3. The van der Waals surface area contributed by atoms with Crippen molar-refractivity contribution in [2.24, 2.45) is 0 Å². The number of aromatic nitrogens is 4. The van der Waals surface area contributed by atoms with Gasteiger partial charge in [0.25, 0.3) is 11.8 Å². The minimum absolute atomic E-state index is 0.195. The molecule has 0 aromatic carbocycles. The predicted octanol–water partition coefficient (Wildman–Crippen LogP) is 2.43. The van der Waals surface area contributed by atoms with Gasteiger partial charge in [0, 0.05) is 51.0 Å². The van der Waals surface area contributed by atoms with Crippen LogP contribution in [0.5, 0.6) is 11.8 Å². The third-order valence-electron chi connectivity index (χ3n) is 4.06. The first-order valence-electron chi connectivity index (χ1n) is 9.59. The first kappa shape index (κ1) is 21.8. The number of carbonyl (C=O) groups excluding carboxylic acids is 1. The van der Waals surface area contributed by atoms with E-state index < -0.39 is 5.60 Å². The molecular weight excluding hydrogens is 412 g/mol. The Kier molecular flexibility index (Phi) is 7.09. The van der Waals surface area contributed by atoms with E-state index in [-0.39, 0.29) is 30.3 Å². The second-order valence-corrected chi connectivity index (χ2v) is 7.85. The second-order valence-electron chi connectivity index (χ2n) is 7.49. The molecule has 1 aliphatic rings. The maximum atomic E-state index is 12.2. The van der Waals surface area contributed by atoms with Crippen LogP contribution >= 0.6 is 11.6 Å². The Morgan fingerprint density at radius 2 is 1.50 bits per heavy atom. The highest BCUT2D eigenvalue weighted by atomic mass is 35.5. The molecule has 0 N–H and O–H groups in total. The van der Waals surface area contributed by atoms with E-state index in [9.17, 15) is 4.79 Å². The number of carbonyl (C=O) groups is 1. The van der Waals surface area contributed by atoms with Crippen molar-refractivity contribution < 1.29 is 19.0 Å². The van der Waals surface area contributed by atoms with Crippen molar-refractivity contribution in [3.63, 3.8) is 0 Å². The summed E-state index contributed by atoms with van der Waals surface area (Å²) in [7, 11) is 0. The number of piperazine rings is 1. The predicted molar refractivity (Wildman–Crippen MR) is 110 cm³/mol. The summed E-state index contributed by atoms with van der Waals surface area (Å²) < 4.78 is 16.7. The summed E-state index contributed by atoms with van der Waals surface area (Å²) in [5, 5.41) is 0.195. The van der Waals surface area contributed by atoms with Crippen molar-refractivity contribution in [3.8, 4) is 11.8 Å². The summed E-state index contributed by atoms with van der Waals surface area (Å²) in [5.41, 5.74) is -0.516. The van der Waals surface area contributed by atoms with Crippen LogP contribution in [0.25, 0.3) is 0 Å². The van der Waals surface area contributed by atoms with Crippen molar-refractivity contribution in [2.75, 3.05) is 44.3 Å². The number of ether oxygens (including phenoxy) is 3. The van der Waals surface area contributed by atoms with Crippen molar-refractivity contribution in [1.29, 1.82) is 0 Å². The Balaban J connectivity index is 1.52. The molecule has 0 aliphatic carbocycles. The molecule has 0 unspecified atom stereocenters. The zero-order valence-corrected chi connectivity index (χ0v) is 18.0. The highest BCUT2D eigenvalue weighted by Gasteiger charge is 2.27. The normalized spacial score (nSPS) is 14.4. The number of anilines is 1. The van der Waals surface area contributed by atoms with E-state index in [4.69, 9.17) is 25.8 Å². The molecule has 30 heavy (non-hydrogen) atoms. The molecule has 10 nitrogen and oxygen atoms in total. The summed E-state index contributed by atoms with van der Waals surface area (Å²) in [6, 6.07) is 0. The van der Waals surface area contributed by atoms with Gasteiger partial charge >= 0.3 is 6.09 Å². The van der Waals surface area contributed by atoms with Crippen molar-refractivity contribution in [2.45, 2.75) is 26.4 Å². The van der Waals surface area contributed by atoms with E-state index in [1.54, 1.807) is 17.3 Å². The zero-order chi connectivity index (χ0) is 21.6. The van der Waals surface area contributed by atoms with E-state index in [0.29, 0.717) is 37.9 Å². The molecule has 0 spiro atoms. The topological polar surface area (TPSA) is 103 Å². The van der Waals surface area contributed by atoms with Crippen LogP contribution in [-0.2, 0) is 4.74 Å². The Morgan fingerprint density at radius 1 is 0.933 bits per heavy atom. The summed E-state index contributed by atoms with van der Waals surface area (Å²) in [5.74, 6) is 1.27. The van der Waals surface area contributed by atoms with Crippen molar-refractivity contribution in [1.82, 2.24) is 24.8 Å². The molecule has 11 heteroatoms. The molecule has 1 amide bonds. The highest BCUT2D eigenvalue weighted by molar-refractivity contribution is 6.30. The van der Waals surface area contributed by atoms with Gasteiger partial charge < -0.3 is 24.0 Å². The van der Waals surface area contributed by atoms with Gasteiger partial charge in [-0.05, 0) is 20.8 Å². The van der Waals surface area contributed by atoms with Gasteiger partial charge in [0.05, 0.1) is 0 Å². The lowest BCUT2D eigenvalue weighted by Crippen LogP contribution is -2.50. The first-order valence-corrected chi connectivity index (χ1v) is 9.97. The molecule has 0 bridgehead atoms. The number of hydrogen-bond acceptors (Lipinski definition) is 9. The third-order valence-corrected chi connectivity index (χ3v) is 4.32. The molecular formula is C19H25ClN6O4. The zero-order valence-electron chi connectivity index (χ0n) is 17.2. The van der Waals surface area contributed by atoms with Gasteiger partial charge in [0.15, 0.2) is 11.0 Å². The number of halogens is 1. The van der Waals surface area contributed by atoms with Gasteiger partial charge in [-0.25, -0.2) is 24.7 Å². The van der Waals surface area contributed by atoms with Crippen LogP contribution in [0.3, 0.4) is 0 Å². The van der Waals surface area contributed by atoms with E-state index in [1.165, 1.54) is 12.4 Å². The maximum Gasteiger partial charge on any atom is 0.410 e. The molecule has 1 fully saturated rings. The van der Waals surface area contributed by atoms with Crippen LogP contribution in [-0.4, -0.2) is 75.9 Å². The molecule has 2 aromatic rings. The molecule has 3 heterocycles. The van der Waals surface area contributed by atoms with E-state index >= 15 is 0 Å². The van der Waals surface area contributed by atoms with Crippen molar-refractivity contribution in [3.05, 3.63) is 29.9 Å². The van der Waals surface area contributed by atoms with Gasteiger partial charge in [-0.1, -0.05) is 11.6 Å². The second kappa shape index (κ2) is 9.75. The number of nitrogens with zero attached hydrogens (tertiary/aromatic N) is 6. The van der Waals surface area contributed by atoms with Crippen LogP contribution < -0.4 is 14.4 Å². The Bertz CT molecular complexity index is 855. The summed E-state index contributed by atoms with van der Waals surface area (Å²) >= 11 is 5.91. The molecule has 0 radical (unpaired) electrons. The van der Waals surface area contributed by atoms with Gasteiger partial charge in [-0.2, -0.15) is 0 Å². The van der Waals surface area contributed by atoms with Crippen LogP contribution in [0.4, 0.5) is 10.6 Å². The minimum atomic E-state index is -0.516. The number of rotatable bonds is 6. The summed E-state index contributed by atoms with van der Waals surface area (Å²) in [6.45, 7) is 8.26. The minimum Gasteiger partial charge on any atom is -0.472 e. The molecule has 0 atom stereocenters. The monoisotopic (exact) mass is 436 g/mol. The lowest BCUT2D eigenvalue weighted by molar-refractivity contribution is 0.0240. The van der Waals surface area contributed by atoms with Crippen LogP contribution in [0.15, 0.2) is 24.8 Å². The fourth-order valence-electron chi connectivity index (χ4n) is 2.75. The van der Waals surface area contributed by atoms with Gasteiger partial charge in [0.1, 0.15) is 18.8 Å². The molecule has 2 aromatic heterocycles. The summed E-state index contributed by atoms with van der Waals surface area (Å²) in [6.07, 6.45) is 5.85. The average molecular weight is 437 g/mol. The Hall–Kier alpha value is -2.88. The first-order chi connectivity index (χ1) is 14.3. The van der Waals surface area contributed by atoms with E-state index in [2.05, 4.69) is 19.9 Å². The summed E-state index contributed by atoms with van der Waals surface area (Å²) in [4.78, 5) is 32.5. The van der Waals surface area contributed by atoms with Crippen LogP contribution in [0.1, 0.15) is 20.8 Å². The SMILES string of the molecule is CC(C)(C)OC(=O)N1CCN(c2nccnc2OCCOc2nccnc2Cl)CC1. The number of hydrogen-bond donors (Lipinski definition) is 0. The molecule has 1 aliphatic heterocycles. The van der Waals surface area contributed by atoms with Gasteiger partial charge in [-0.15, -0.1) is 0 Å². The van der Waals surface area contributed by atoms with E-state index in [1.807, 2.05) is 25.7 Å². The molecule has 0 saturated carbocycles. The number of amides is 1. The lowest BCUT2D eigenvalue weighted by Gasteiger charge is -2.36. The van der Waals surface area contributed by atoms with E-state index in [0.717, 1.165) is 0 Å². The fraction of sp³-hybridized carbons (Fsp3) is 0.526. The van der Waals surface area contributed by atoms with Crippen LogP contribution in [0, 0.1) is 0 Å². The van der Waals surface area contributed by atoms with Crippen LogP contribution in [0.2, 0.25) is 5.15 Å². The Morgan fingerprint density at radius 3 is 2.13 bits per heavy atom. The molecule has 1 saturated heterocycles. The quantitative estimate of drug-likeness (QED) is 0.631. The van der Waals surface area contributed by atoms with Crippen molar-refractivity contribution >= 4 is 23.5 Å².